The smallest absolute Gasteiger partial charge is 0.207 e. The minimum absolute atomic E-state index is 0.123. The van der Waals surface area contributed by atoms with Gasteiger partial charge >= 0.3 is 0 Å². The summed E-state index contributed by atoms with van der Waals surface area (Å²) in [4.78, 5) is 1.18. The molecule has 2 aromatic heterocycles. The third-order valence-corrected chi connectivity index (χ3v) is 7.43. The van der Waals surface area contributed by atoms with E-state index in [1.54, 1.807) is 22.8 Å². The number of sulfonamides is 1. The Labute approximate surface area is 123 Å². The highest BCUT2D eigenvalue weighted by molar-refractivity contribution is 9.10. The molecule has 0 aliphatic heterocycles. The van der Waals surface area contributed by atoms with Crippen LogP contribution in [0, 0.1) is 0 Å². The van der Waals surface area contributed by atoms with Gasteiger partial charge in [-0.2, -0.15) is 0 Å². The van der Waals surface area contributed by atoms with Gasteiger partial charge in [-0.3, -0.25) is 0 Å². The Morgan fingerprint density at radius 2 is 2.11 bits per heavy atom. The van der Waals surface area contributed by atoms with Gasteiger partial charge in [-0.05, 0) is 52.2 Å². The van der Waals surface area contributed by atoms with E-state index >= 15 is 0 Å². The van der Waals surface area contributed by atoms with Crippen LogP contribution in [0.15, 0.2) is 37.6 Å². The maximum Gasteiger partial charge on any atom is 0.251 e. The van der Waals surface area contributed by atoms with Gasteiger partial charge in [-0.25, -0.2) is 13.1 Å². The predicted octanol–water partition coefficient (Wildman–Crippen LogP) is 3.48. The quantitative estimate of drug-likeness (QED) is 0.881. The first-order valence-electron chi connectivity index (χ1n) is 5.27. The summed E-state index contributed by atoms with van der Waals surface area (Å²) in [6, 6.07) is 5.60. The van der Waals surface area contributed by atoms with Gasteiger partial charge in [0.2, 0.25) is 0 Å². The van der Waals surface area contributed by atoms with Crippen molar-refractivity contribution in [1.29, 1.82) is 0 Å². The first-order chi connectivity index (χ1) is 8.49. The van der Waals surface area contributed by atoms with E-state index in [1.807, 2.05) is 24.4 Å². The Balaban J connectivity index is 2.07. The van der Waals surface area contributed by atoms with Gasteiger partial charge in [0.05, 0.1) is 0 Å². The molecule has 7 heteroatoms. The van der Waals surface area contributed by atoms with Crippen LogP contribution in [0.2, 0.25) is 0 Å². The summed E-state index contributed by atoms with van der Waals surface area (Å²) < 4.78 is 27.9. The topological polar surface area (TPSA) is 46.2 Å². The third kappa shape index (κ3) is 3.42. The summed E-state index contributed by atoms with van der Waals surface area (Å²) in [5.74, 6) is 0. The Morgan fingerprint density at radius 3 is 2.67 bits per heavy atom. The second-order valence-corrected chi connectivity index (χ2v) is 8.57. The van der Waals surface area contributed by atoms with Crippen molar-refractivity contribution < 1.29 is 8.42 Å². The van der Waals surface area contributed by atoms with E-state index in [0.29, 0.717) is 15.1 Å². The molecule has 0 fully saturated rings. The van der Waals surface area contributed by atoms with E-state index in [0.717, 1.165) is 0 Å². The number of hydrogen-bond donors (Lipinski definition) is 1. The minimum atomic E-state index is -3.42. The molecule has 1 unspecified atom stereocenters. The lowest BCUT2D eigenvalue weighted by Gasteiger charge is -2.12. The predicted molar refractivity (Wildman–Crippen MR) is 79.8 cm³/mol. The Hall–Kier alpha value is -0.210. The lowest BCUT2D eigenvalue weighted by molar-refractivity contribution is 0.562. The number of rotatable bonds is 5. The van der Waals surface area contributed by atoms with Gasteiger partial charge in [0.15, 0.2) is 0 Å². The molecule has 18 heavy (non-hydrogen) atoms. The van der Waals surface area contributed by atoms with Crippen molar-refractivity contribution in [2.24, 2.45) is 0 Å². The van der Waals surface area contributed by atoms with Gasteiger partial charge in [0.1, 0.15) is 4.21 Å². The lowest BCUT2D eigenvalue weighted by Crippen LogP contribution is -2.33. The Bertz CT molecular complexity index is 604. The first kappa shape index (κ1) is 14.2. The van der Waals surface area contributed by atoms with E-state index in [9.17, 15) is 8.42 Å². The van der Waals surface area contributed by atoms with E-state index in [-0.39, 0.29) is 6.04 Å². The molecule has 0 saturated heterocycles. The van der Waals surface area contributed by atoms with Gasteiger partial charge in [-0.15, -0.1) is 22.7 Å². The van der Waals surface area contributed by atoms with Crippen molar-refractivity contribution in [1.82, 2.24) is 4.72 Å². The molecule has 2 rings (SSSR count). The molecule has 0 aliphatic carbocycles. The number of nitrogens with one attached hydrogen (secondary N) is 1. The summed E-state index contributed by atoms with van der Waals surface area (Å²) >= 11 is 6.09. The Morgan fingerprint density at radius 1 is 1.33 bits per heavy atom. The van der Waals surface area contributed by atoms with Crippen LogP contribution in [0.1, 0.15) is 11.8 Å². The second-order valence-electron chi connectivity index (χ2n) is 3.86. The monoisotopic (exact) mass is 365 g/mol. The lowest BCUT2D eigenvalue weighted by atomic mass is 10.2. The zero-order valence-electron chi connectivity index (χ0n) is 9.59. The van der Waals surface area contributed by atoms with Crippen molar-refractivity contribution in [2.45, 2.75) is 23.6 Å². The summed E-state index contributed by atoms with van der Waals surface area (Å²) in [5, 5.41) is 3.75. The molecular formula is C11H12BrNO2S3. The average Bonchev–Trinajstić information content (AvgIpc) is 2.88. The molecule has 1 N–H and O–H groups in total. The van der Waals surface area contributed by atoms with Crippen LogP contribution in [0.25, 0.3) is 0 Å². The highest BCUT2D eigenvalue weighted by Crippen LogP contribution is 2.27. The molecule has 0 bridgehead atoms. The van der Waals surface area contributed by atoms with Gasteiger partial charge < -0.3 is 0 Å². The third-order valence-electron chi connectivity index (χ3n) is 2.27. The fraction of sp³-hybridized carbons (Fsp3) is 0.273. The summed E-state index contributed by atoms with van der Waals surface area (Å²) in [6.45, 7) is 1.87. The molecule has 1 atom stereocenters. The van der Waals surface area contributed by atoms with Gasteiger partial charge in [0.25, 0.3) is 10.0 Å². The standard InChI is InChI=1S/C11H12BrNO2S3/c1-8(7-9-3-2-5-16-9)13-18(14,15)11-10(12)4-6-17-11/h2-6,8,13H,7H2,1H3. The number of halogens is 1. The van der Waals surface area contributed by atoms with Crippen molar-refractivity contribution >= 4 is 48.6 Å². The Kier molecular flexibility index (Phi) is 4.60. The molecular weight excluding hydrogens is 354 g/mol. The maximum absolute atomic E-state index is 12.1. The van der Waals surface area contributed by atoms with Crippen LogP contribution in [0.4, 0.5) is 0 Å². The molecule has 0 amide bonds. The molecule has 3 nitrogen and oxygen atoms in total. The average molecular weight is 366 g/mol. The van der Waals surface area contributed by atoms with Crippen LogP contribution in [0.5, 0.6) is 0 Å². The largest absolute Gasteiger partial charge is 0.251 e. The summed E-state index contributed by atoms with van der Waals surface area (Å²) in [6.07, 6.45) is 0.708. The van der Waals surface area contributed by atoms with Crippen molar-refractivity contribution in [2.75, 3.05) is 0 Å². The molecule has 98 valence electrons. The molecule has 0 aliphatic rings. The molecule has 0 radical (unpaired) electrons. The minimum Gasteiger partial charge on any atom is -0.207 e. The second kappa shape index (κ2) is 5.83. The summed E-state index contributed by atoms with van der Waals surface area (Å²) in [7, 11) is -3.42. The highest BCUT2D eigenvalue weighted by atomic mass is 79.9. The molecule has 0 aromatic carbocycles. The molecule has 2 heterocycles. The zero-order chi connectivity index (χ0) is 13.2. The van der Waals surface area contributed by atoms with Crippen molar-refractivity contribution in [3.63, 3.8) is 0 Å². The highest BCUT2D eigenvalue weighted by Gasteiger charge is 2.21. The van der Waals surface area contributed by atoms with Gasteiger partial charge in [0, 0.05) is 15.4 Å². The van der Waals surface area contributed by atoms with E-state index in [1.165, 1.54) is 16.2 Å². The maximum atomic E-state index is 12.1. The van der Waals surface area contributed by atoms with Gasteiger partial charge in [-0.1, -0.05) is 6.07 Å². The fourth-order valence-corrected chi connectivity index (χ4v) is 6.00. The molecule has 0 saturated carbocycles. The molecule has 0 spiro atoms. The summed E-state index contributed by atoms with van der Waals surface area (Å²) in [5.41, 5.74) is 0. The van der Waals surface area contributed by atoms with Crippen LogP contribution >= 0.6 is 38.6 Å². The first-order valence-corrected chi connectivity index (χ1v) is 9.30. The number of thiophene rings is 2. The van der Waals surface area contributed by atoms with Crippen LogP contribution in [0.3, 0.4) is 0 Å². The fourth-order valence-electron chi connectivity index (χ4n) is 1.56. The van der Waals surface area contributed by atoms with E-state index < -0.39 is 10.0 Å². The van der Waals surface area contributed by atoms with Crippen LogP contribution in [-0.4, -0.2) is 14.5 Å². The van der Waals surface area contributed by atoms with E-state index in [4.69, 9.17) is 0 Å². The van der Waals surface area contributed by atoms with E-state index in [2.05, 4.69) is 20.7 Å². The van der Waals surface area contributed by atoms with Crippen molar-refractivity contribution in [3.8, 4) is 0 Å². The van der Waals surface area contributed by atoms with Crippen molar-refractivity contribution in [3.05, 3.63) is 38.3 Å². The normalized spacial score (nSPS) is 13.7. The number of hydrogen-bond acceptors (Lipinski definition) is 4. The molecule has 2 aromatic rings. The zero-order valence-corrected chi connectivity index (χ0v) is 13.6. The SMILES string of the molecule is CC(Cc1cccs1)NS(=O)(=O)c1sccc1Br. The van der Waals surface area contributed by atoms with Crippen LogP contribution in [-0.2, 0) is 16.4 Å². The van der Waals surface area contributed by atoms with Crippen LogP contribution < -0.4 is 4.72 Å².